The van der Waals surface area contributed by atoms with Gasteiger partial charge in [-0.1, -0.05) is 6.92 Å². The summed E-state index contributed by atoms with van der Waals surface area (Å²) in [6, 6.07) is 0. The number of rotatable bonds is 4. The minimum atomic E-state index is 0.122. The second kappa shape index (κ2) is 4.50. The Kier molecular flexibility index (Phi) is 4.32. The Labute approximate surface area is 55.9 Å². The van der Waals surface area contributed by atoms with E-state index in [1.807, 2.05) is 6.92 Å². The minimum Gasteiger partial charge on any atom is -0.396 e. The van der Waals surface area contributed by atoms with E-state index >= 15 is 0 Å². The van der Waals surface area contributed by atoms with Crippen LogP contribution >= 0.6 is 0 Å². The molecule has 0 aromatic heterocycles. The third kappa shape index (κ3) is 4.15. The smallest absolute Gasteiger partial charge is 0.132 e. The van der Waals surface area contributed by atoms with Crippen LogP contribution in [0.5, 0.6) is 0 Å². The first-order chi connectivity index (χ1) is 4.18. The number of carbonyl (C=O) groups is 1. The van der Waals surface area contributed by atoms with Gasteiger partial charge in [-0.05, 0) is 19.8 Å². The van der Waals surface area contributed by atoms with E-state index in [-0.39, 0.29) is 18.3 Å². The first-order valence-corrected chi connectivity index (χ1v) is 3.29. The van der Waals surface area contributed by atoms with E-state index in [1.165, 1.54) is 0 Å². The Morgan fingerprint density at radius 3 is 2.56 bits per heavy atom. The standard InChI is InChI=1S/C7H14O2/c1-6(7(2)9)4-3-5-8/h6,8H,3-5H2,1-2H3/t6-/m0/s1. The number of Topliss-reactive ketones (excluding diaryl/α,β-unsaturated/α-hetero) is 1. The monoisotopic (exact) mass is 130 g/mol. The highest BCUT2D eigenvalue weighted by molar-refractivity contribution is 5.77. The van der Waals surface area contributed by atoms with E-state index in [9.17, 15) is 4.79 Å². The molecule has 0 radical (unpaired) electrons. The van der Waals surface area contributed by atoms with Gasteiger partial charge in [0.2, 0.25) is 0 Å². The zero-order chi connectivity index (χ0) is 7.28. The normalized spacial score (nSPS) is 13.2. The van der Waals surface area contributed by atoms with Crippen molar-refractivity contribution < 1.29 is 9.90 Å². The quantitative estimate of drug-likeness (QED) is 0.616. The maximum absolute atomic E-state index is 10.6. The highest BCUT2D eigenvalue weighted by Gasteiger charge is 2.04. The predicted octanol–water partition coefficient (Wildman–Crippen LogP) is 0.984. The largest absolute Gasteiger partial charge is 0.396 e. The van der Waals surface area contributed by atoms with Crippen LogP contribution in [0.3, 0.4) is 0 Å². The van der Waals surface area contributed by atoms with E-state index in [0.29, 0.717) is 0 Å². The van der Waals surface area contributed by atoms with Crippen LogP contribution in [0.2, 0.25) is 0 Å². The predicted molar refractivity (Wildman–Crippen MR) is 36.2 cm³/mol. The molecule has 0 heterocycles. The van der Waals surface area contributed by atoms with Crippen molar-refractivity contribution in [2.45, 2.75) is 26.7 Å². The molecule has 0 fully saturated rings. The lowest BCUT2D eigenvalue weighted by Gasteiger charge is -2.03. The van der Waals surface area contributed by atoms with Crippen molar-refractivity contribution in [3.05, 3.63) is 0 Å². The maximum atomic E-state index is 10.6. The summed E-state index contributed by atoms with van der Waals surface area (Å²) in [7, 11) is 0. The molecule has 2 heteroatoms. The molecule has 9 heavy (non-hydrogen) atoms. The highest BCUT2D eigenvalue weighted by atomic mass is 16.2. The molecule has 0 aliphatic heterocycles. The number of hydrogen-bond donors (Lipinski definition) is 1. The SMILES string of the molecule is CC(=O)[C@@H](C)CCCO. The average molecular weight is 130 g/mol. The lowest BCUT2D eigenvalue weighted by atomic mass is 10.0. The van der Waals surface area contributed by atoms with Crippen LogP contribution in [0, 0.1) is 5.92 Å². The van der Waals surface area contributed by atoms with E-state index < -0.39 is 0 Å². The zero-order valence-electron chi connectivity index (χ0n) is 6.05. The van der Waals surface area contributed by atoms with Crippen molar-refractivity contribution >= 4 is 5.78 Å². The van der Waals surface area contributed by atoms with Gasteiger partial charge in [0.25, 0.3) is 0 Å². The van der Waals surface area contributed by atoms with Crippen LogP contribution < -0.4 is 0 Å². The lowest BCUT2D eigenvalue weighted by Crippen LogP contribution is -2.06. The topological polar surface area (TPSA) is 37.3 Å². The van der Waals surface area contributed by atoms with E-state index in [0.717, 1.165) is 12.8 Å². The molecule has 54 valence electrons. The summed E-state index contributed by atoms with van der Waals surface area (Å²) in [6.45, 7) is 3.66. The Hall–Kier alpha value is -0.370. The van der Waals surface area contributed by atoms with Crippen molar-refractivity contribution in [1.82, 2.24) is 0 Å². The molecule has 0 aliphatic carbocycles. The number of ketones is 1. The van der Waals surface area contributed by atoms with Crippen molar-refractivity contribution in [1.29, 1.82) is 0 Å². The fourth-order valence-electron chi connectivity index (χ4n) is 0.601. The van der Waals surface area contributed by atoms with Gasteiger partial charge in [0, 0.05) is 12.5 Å². The van der Waals surface area contributed by atoms with Crippen molar-refractivity contribution in [2.75, 3.05) is 6.61 Å². The minimum absolute atomic E-state index is 0.122. The molecule has 0 bridgehead atoms. The van der Waals surface area contributed by atoms with Crippen LogP contribution in [0.1, 0.15) is 26.7 Å². The number of hydrogen-bond acceptors (Lipinski definition) is 2. The molecule has 0 saturated heterocycles. The van der Waals surface area contributed by atoms with Crippen LogP contribution in [0.25, 0.3) is 0 Å². The molecular formula is C7H14O2. The maximum Gasteiger partial charge on any atom is 0.132 e. The highest BCUT2D eigenvalue weighted by Crippen LogP contribution is 2.04. The van der Waals surface area contributed by atoms with Gasteiger partial charge in [0.15, 0.2) is 0 Å². The number of aliphatic hydroxyl groups is 1. The Balaban J connectivity index is 3.27. The van der Waals surface area contributed by atoms with E-state index in [4.69, 9.17) is 5.11 Å². The van der Waals surface area contributed by atoms with Gasteiger partial charge in [-0.2, -0.15) is 0 Å². The van der Waals surface area contributed by atoms with Gasteiger partial charge < -0.3 is 5.11 Å². The summed E-state index contributed by atoms with van der Waals surface area (Å²) < 4.78 is 0. The summed E-state index contributed by atoms with van der Waals surface area (Å²) in [5.41, 5.74) is 0. The third-order valence-corrected chi connectivity index (χ3v) is 1.49. The average Bonchev–Trinajstić information content (AvgIpc) is 1.82. The zero-order valence-corrected chi connectivity index (χ0v) is 6.05. The number of carbonyl (C=O) groups excluding carboxylic acids is 1. The molecule has 0 rings (SSSR count). The van der Waals surface area contributed by atoms with Crippen molar-refractivity contribution in [3.8, 4) is 0 Å². The molecular weight excluding hydrogens is 116 g/mol. The van der Waals surface area contributed by atoms with E-state index in [2.05, 4.69) is 0 Å². The summed E-state index contributed by atoms with van der Waals surface area (Å²) in [5, 5.41) is 8.39. The Morgan fingerprint density at radius 2 is 2.22 bits per heavy atom. The van der Waals surface area contributed by atoms with Crippen molar-refractivity contribution in [3.63, 3.8) is 0 Å². The van der Waals surface area contributed by atoms with Crippen LogP contribution in [-0.4, -0.2) is 17.5 Å². The van der Waals surface area contributed by atoms with Gasteiger partial charge in [0.05, 0.1) is 0 Å². The molecule has 0 aromatic carbocycles. The molecule has 0 spiro atoms. The molecule has 2 nitrogen and oxygen atoms in total. The Bertz CT molecular complexity index is 88.9. The van der Waals surface area contributed by atoms with Gasteiger partial charge in [0.1, 0.15) is 5.78 Å². The first-order valence-electron chi connectivity index (χ1n) is 3.29. The fraction of sp³-hybridized carbons (Fsp3) is 0.857. The summed E-state index contributed by atoms with van der Waals surface area (Å²) >= 11 is 0. The fourth-order valence-corrected chi connectivity index (χ4v) is 0.601. The van der Waals surface area contributed by atoms with Gasteiger partial charge in [-0.3, -0.25) is 4.79 Å². The molecule has 0 amide bonds. The molecule has 1 atom stereocenters. The van der Waals surface area contributed by atoms with Gasteiger partial charge >= 0.3 is 0 Å². The summed E-state index contributed by atoms with van der Waals surface area (Å²) in [6.07, 6.45) is 1.55. The molecule has 1 N–H and O–H groups in total. The Morgan fingerprint density at radius 1 is 1.67 bits per heavy atom. The molecule has 0 unspecified atom stereocenters. The second-order valence-corrected chi connectivity index (χ2v) is 2.38. The third-order valence-electron chi connectivity index (χ3n) is 1.49. The van der Waals surface area contributed by atoms with E-state index in [1.54, 1.807) is 6.92 Å². The first kappa shape index (κ1) is 8.63. The van der Waals surface area contributed by atoms with Crippen LogP contribution in [0.4, 0.5) is 0 Å². The van der Waals surface area contributed by atoms with Gasteiger partial charge in [-0.15, -0.1) is 0 Å². The van der Waals surface area contributed by atoms with Crippen LogP contribution in [0.15, 0.2) is 0 Å². The summed E-state index contributed by atoms with van der Waals surface area (Å²) in [5.74, 6) is 0.334. The summed E-state index contributed by atoms with van der Waals surface area (Å²) in [4.78, 5) is 10.6. The molecule has 0 saturated carbocycles. The van der Waals surface area contributed by atoms with Gasteiger partial charge in [-0.25, -0.2) is 0 Å². The lowest BCUT2D eigenvalue weighted by molar-refractivity contribution is -0.120. The van der Waals surface area contributed by atoms with Crippen LogP contribution in [-0.2, 0) is 4.79 Å². The second-order valence-electron chi connectivity index (χ2n) is 2.38. The van der Waals surface area contributed by atoms with Crippen molar-refractivity contribution in [2.24, 2.45) is 5.92 Å². The molecule has 0 aromatic rings. The molecule has 0 aliphatic rings. The number of aliphatic hydroxyl groups excluding tert-OH is 1.